The average Bonchev–Trinajstić information content (AvgIpc) is 2.68. The van der Waals surface area contributed by atoms with E-state index in [1.807, 2.05) is 31.4 Å². The molecular formula is C12H12N2O2. The summed E-state index contributed by atoms with van der Waals surface area (Å²) >= 11 is 0. The summed E-state index contributed by atoms with van der Waals surface area (Å²) in [5.74, 6) is -0.356. The van der Waals surface area contributed by atoms with Gasteiger partial charge in [0, 0.05) is 18.5 Å². The van der Waals surface area contributed by atoms with E-state index in [4.69, 9.17) is 0 Å². The van der Waals surface area contributed by atoms with E-state index >= 15 is 0 Å². The van der Waals surface area contributed by atoms with Crippen LogP contribution in [-0.2, 0) is 16.6 Å². The van der Waals surface area contributed by atoms with Gasteiger partial charge in [-0.05, 0) is 17.7 Å². The quantitative estimate of drug-likeness (QED) is 0.567. The molecule has 1 aromatic carbocycles. The molecule has 0 N–H and O–H groups in total. The Balaban J connectivity index is 2.35. The Kier molecular flexibility index (Phi) is 2.72. The Labute approximate surface area is 93.1 Å². The number of carbonyl (C=O) groups is 1. The second kappa shape index (κ2) is 4.18. The number of fused-ring (bicyclic) bond motifs is 1. The van der Waals surface area contributed by atoms with Gasteiger partial charge in [-0.1, -0.05) is 12.1 Å². The van der Waals surface area contributed by atoms with Crippen LogP contribution < -0.4 is 0 Å². The molecule has 82 valence electrons. The molecule has 16 heavy (non-hydrogen) atoms. The maximum atomic E-state index is 10.9. The molecule has 0 saturated heterocycles. The fraction of sp³-hybridized carbons (Fsp3) is 0.167. The minimum absolute atomic E-state index is 0.356. The number of hydrogen-bond donors (Lipinski definition) is 0. The molecule has 4 nitrogen and oxygen atoms in total. The number of methoxy groups -OCH3 is 1. The van der Waals surface area contributed by atoms with Crippen LogP contribution in [0.3, 0.4) is 0 Å². The first-order valence-corrected chi connectivity index (χ1v) is 4.88. The highest BCUT2D eigenvalue weighted by Crippen LogP contribution is 2.15. The van der Waals surface area contributed by atoms with Crippen molar-refractivity contribution < 1.29 is 9.53 Å². The monoisotopic (exact) mass is 216 g/mol. The van der Waals surface area contributed by atoms with Crippen molar-refractivity contribution in [1.29, 1.82) is 0 Å². The number of aromatic nitrogens is 2. The minimum Gasteiger partial charge on any atom is -0.466 e. The van der Waals surface area contributed by atoms with Crippen LogP contribution in [0.5, 0.6) is 0 Å². The number of rotatable bonds is 2. The predicted molar refractivity (Wildman–Crippen MR) is 61.8 cm³/mol. The van der Waals surface area contributed by atoms with E-state index in [0.29, 0.717) is 0 Å². The number of esters is 1. The van der Waals surface area contributed by atoms with Gasteiger partial charge in [0.1, 0.15) is 0 Å². The number of benzene rings is 1. The van der Waals surface area contributed by atoms with Gasteiger partial charge in [0.2, 0.25) is 0 Å². The van der Waals surface area contributed by atoms with Gasteiger partial charge in [-0.15, -0.1) is 0 Å². The third-order valence-electron chi connectivity index (χ3n) is 2.39. The first-order chi connectivity index (χ1) is 7.70. The maximum Gasteiger partial charge on any atom is 0.330 e. The number of nitrogens with zero attached hydrogens (tertiary/aromatic N) is 2. The molecule has 2 rings (SSSR count). The van der Waals surface area contributed by atoms with Gasteiger partial charge in [-0.3, -0.25) is 4.68 Å². The summed E-state index contributed by atoms with van der Waals surface area (Å²) in [5, 5.41) is 5.23. The first-order valence-electron chi connectivity index (χ1n) is 4.88. The number of hydrogen-bond acceptors (Lipinski definition) is 3. The van der Waals surface area contributed by atoms with Crippen molar-refractivity contribution >= 4 is 22.9 Å². The Hall–Kier alpha value is -2.10. The summed E-state index contributed by atoms with van der Waals surface area (Å²) in [6, 6.07) is 5.88. The van der Waals surface area contributed by atoms with Crippen LogP contribution in [-0.4, -0.2) is 22.9 Å². The van der Waals surface area contributed by atoms with Gasteiger partial charge in [-0.25, -0.2) is 4.79 Å². The van der Waals surface area contributed by atoms with Crippen LogP contribution in [0.4, 0.5) is 0 Å². The summed E-state index contributed by atoms with van der Waals surface area (Å²) in [5.41, 5.74) is 1.98. The number of ether oxygens (including phenoxy) is 1. The summed E-state index contributed by atoms with van der Waals surface area (Å²) in [7, 11) is 3.24. The van der Waals surface area contributed by atoms with Crippen LogP contribution in [0.25, 0.3) is 17.0 Å². The summed E-state index contributed by atoms with van der Waals surface area (Å²) in [6.07, 6.45) is 4.93. The van der Waals surface area contributed by atoms with E-state index in [1.54, 1.807) is 10.8 Å². The highest BCUT2D eigenvalue weighted by molar-refractivity contribution is 5.88. The highest BCUT2D eigenvalue weighted by Gasteiger charge is 1.99. The molecule has 4 heteroatoms. The molecule has 0 aliphatic rings. The average molecular weight is 216 g/mol. The molecule has 0 fully saturated rings. The molecule has 0 bridgehead atoms. The van der Waals surface area contributed by atoms with Crippen LogP contribution in [0.2, 0.25) is 0 Å². The van der Waals surface area contributed by atoms with E-state index in [9.17, 15) is 4.79 Å². The largest absolute Gasteiger partial charge is 0.466 e. The SMILES string of the molecule is COC(=O)C=Cc1ccc2cnn(C)c2c1. The Morgan fingerprint density at radius 1 is 1.50 bits per heavy atom. The van der Waals surface area contributed by atoms with Crippen LogP contribution >= 0.6 is 0 Å². The topological polar surface area (TPSA) is 44.1 Å². The van der Waals surface area contributed by atoms with Crippen molar-refractivity contribution in [2.24, 2.45) is 7.05 Å². The highest BCUT2D eigenvalue weighted by atomic mass is 16.5. The molecule has 1 heterocycles. The lowest BCUT2D eigenvalue weighted by Gasteiger charge is -1.96. The standard InChI is InChI=1S/C12H12N2O2/c1-14-11-7-9(4-6-12(15)16-2)3-5-10(11)8-13-14/h3-8H,1-2H3. The molecule has 0 spiro atoms. The Morgan fingerprint density at radius 2 is 2.31 bits per heavy atom. The van der Waals surface area contributed by atoms with Gasteiger partial charge in [0.05, 0.1) is 18.8 Å². The van der Waals surface area contributed by atoms with E-state index in [1.165, 1.54) is 13.2 Å². The van der Waals surface area contributed by atoms with Crippen molar-refractivity contribution in [1.82, 2.24) is 9.78 Å². The zero-order valence-electron chi connectivity index (χ0n) is 9.18. The van der Waals surface area contributed by atoms with Crippen molar-refractivity contribution in [3.63, 3.8) is 0 Å². The number of aryl methyl sites for hydroxylation is 1. The molecule has 2 aromatic rings. The fourth-order valence-electron chi connectivity index (χ4n) is 1.50. The van der Waals surface area contributed by atoms with Crippen LogP contribution in [0, 0.1) is 0 Å². The molecule has 0 amide bonds. The van der Waals surface area contributed by atoms with Crippen LogP contribution in [0.1, 0.15) is 5.56 Å². The molecule has 0 aliphatic carbocycles. The van der Waals surface area contributed by atoms with E-state index in [2.05, 4.69) is 9.84 Å². The van der Waals surface area contributed by atoms with Gasteiger partial charge in [0.15, 0.2) is 0 Å². The maximum absolute atomic E-state index is 10.9. The third kappa shape index (κ3) is 1.95. The van der Waals surface area contributed by atoms with E-state index in [-0.39, 0.29) is 5.97 Å². The van der Waals surface area contributed by atoms with Gasteiger partial charge in [0.25, 0.3) is 0 Å². The molecule has 0 atom stereocenters. The lowest BCUT2D eigenvalue weighted by atomic mass is 10.1. The summed E-state index contributed by atoms with van der Waals surface area (Å²) < 4.78 is 6.32. The molecular weight excluding hydrogens is 204 g/mol. The van der Waals surface area contributed by atoms with Crippen molar-refractivity contribution in [2.75, 3.05) is 7.11 Å². The molecule has 0 unspecified atom stereocenters. The van der Waals surface area contributed by atoms with Gasteiger partial charge >= 0.3 is 5.97 Å². The van der Waals surface area contributed by atoms with Crippen LogP contribution in [0.15, 0.2) is 30.5 Å². The van der Waals surface area contributed by atoms with Crippen molar-refractivity contribution in [3.05, 3.63) is 36.0 Å². The first kappa shape index (κ1) is 10.4. The molecule has 0 saturated carbocycles. The summed E-state index contributed by atoms with van der Waals surface area (Å²) in [6.45, 7) is 0. The third-order valence-corrected chi connectivity index (χ3v) is 2.39. The Bertz CT molecular complexity index is 555. The Morgan fingerprint density at radius 3 is 3.06 bits per heavy atom. The van der Waals surface area contributed by atoms with E-state index in [0.717, 1.165) is 16.5 Å². The minimum atomic E-state index is -0.356. The van der Waals surface area contributed by atoms with Gasteiger partial charge < -0.3 is 4.74 Å². The van der Waals surface area contributed by atoms with Gasteiger partial charge in [-0.2, -0.15) is 5.10 Å². The zero-order chi connectivity index (χ0) is 11.5. The second-order valence-electron chi connectivity index (χ2n) is 3.44. The lowest BCUT2D eigenvalue weighted by molar-refractivity contribution is -0.134. The lowest BCUT2D eigenvalue weighted by Crippen LogP contribution is -1.93. The zero-order valence-corrected chi connectivity index (χ0v) is 9.18. The molecule has 0 radical (unpaired) electrons. The molecule has 1 aromatic heterocycles. The smallest absolute Gasteiger partial charge is 0.330 e. The second-order valence-corrected chi connectivity index (χ2v) is 3.44. The summed E-state index contributed by atoms with van der Waals surface area (Å²) in [4.78, 5) is 10.9. The predicted octanol–water partition coefficient (Wildman–Crippen LogP) is 1.76. The van der Waals surface area contributed by atoms with Crippen molar-refractivity contribution in [2.45, 2.75) is 0 Å². The van der Waals surface area contributed by atoms with Crippen molar-refractivity contribution in [3.8, 4) is 0 Å². The fourth-order valence-corrected chi connectivity index (χ4v) is 1.50. The van der Waals surface area contributed by atoms with E-state index < -0.39 is 0 Å². The normalized spacial score (nSPS) is 11.1. The number of carbonyl (C=O) groups excluding carboxylic acids is 1. The molecule has 0 aliphatic heterocycles.